The molecule has 0 unspecified atom stereocenters. The maximum Gasteiger partial charge on any atom is 0.328 e. The number of hydrogen-bond acceptors (Lipinski definition) is 2. The van der Waals surface area contributed by atoms with Crippen LogP contribution in [0.4, 0.5) is 8.78 Å². The predicted octanol–water partition coefficient (Wildman–Crippen LogP) is 1.77. The molecule has 2 N–H and O–H groups in total. The first-order chi connectivity index (χ1) is 6.52. The zero-order chi connectivity index (χ0) is 10.7. The second-order valence-electron chi connectivity index (χ2n) is 2.47. The second kappa shape index (κ2) is 3.87. The molecule has 0 bridgehead atoms. The summed E-state index contributed by atoms with van der Waals surface area (Å²) < 4.78 is 25.2. The van der Waals surface area contributed by atoms with Crippen molar-refractivity contribution in [1.29, 1.82) is 0 Å². The minimum Gasteiger partial charge on any atom is -0.504 e. The van der Waals surface area contributed by atoms with E-state index < -0.39 is 23.4 Å². The van der Waals surface area contributed by atoms with Crippen LogP contribution in [0.2, 0.25) is 0 Å². The van der Waals surface area contributed by atoms with Gasteiger partial charge < -0.3 is 10.2 Å². The van der Waals surface area contributed by atoms with E-state index >= 15 is 0 Å². The lowest BCUT2D eigenvalue weighted by Gasteiger charge is -2.00. The van der Waals surface area contributed by atoms with E-state index in [1.165, 1.54) is 0 Å². The summed E-state index contributed by atoms with van der Waals surface area (Å²) in [4.78, 5) is 10.1. The number of benzene rings is 1. The average Bonchev–Trinajstić information content (AvgIpc) is 2.13. The lowest BCUT2D eigenvalue weighted by Crippen LogP contribution is -1.89. The van der Waals surface area contributed by atoms with Crippen LogP contribution >= 0.6 is 0 Å². The molecule has 0 saturated heterocycles. The van der Waals surface area contributed by atoms with Gasteiger partial charge in [-0.05, 0) is 18.2 Å². The molecule has 0 saturated carbocycles. The van der Waals surface area contributed by atoms with Crippen molar-refractivity contribution in [2.45, 2.75) is 0 Å². The summed E-state index contributed by atoms with van der Waals surface area (Å²) in [6.45, 7) is 0. The number of aromatic hydroxyl groups is 1. The van der Waals surface area contributed by atoms with Crippen LogP contribution in [-0.2, 0) is 4.79 Å². The van der Waals surface area contributed by atoms with Gasteiger partial charge in [0, 0.05) is 11.6 Å². The highest BCUT2D eigenvalue weighted by atomic mass is 19.2. The summed E-state index contributed by atoms with van der Waals surface area (Å²) >= 11 is 0. The standard InChI is InChI=1S/C9H6F2O3/c10-6-3-1-5(2-4-7(12)13)9(14)8(6)11/h1-4,14H,(H,12,13). The number of phenols is 1. The van der Waals surface area contributed by atoms with Crippen LogP contribution in [0.25, 0.3) is 6.08 Å². The van der Waals surface area contributed by atoms with Crippen LogP contribution in [0.3, 0.4) is 0 Å². The van der Waals surface area contributed by atoms with Crippen molar-refractivity contribution >= 4 is 12.0 Å². The maximum atomic E-state index is 12.7. The molecule has 1 rings (SSSR count). The smallest absolute Gasteiger partial charge is 0.328 e. The molecule has 0 heterocycles. The summed E-state index contributed by atoms with van der Waals surface area (Å²) in [5, 5.41) is 17.3. The fourth-order valence-corrected chi connectivity index (χ4v) is 0.850. The van der Waals surface area contributed by atoms with Crippen molar-refractivity contribution in [2.75, 3.05) is 0 Å². The zero-order valence-corrected chi connectivity index (χ0v) is 6.87. The lowest BCUT2D eigenvalue weighted by molar-refractivity contribution is -0.131. The van der Waals surface area contributed by atoms with Gasteiger partial charge in [-0.1, -0.05) is 0 Å². The van der Waals surface area contributed by atoms with Gasteiger partial charge in [0.2, 0.25) is 5.82 Å². The largest absolute Gasteiger partial charge is 0.504 e. The van der Waals surface area contributed by atoms with Crippen LogP contribution in [-0.4, -0.2) is 16.2 Å². The molecule has 5 heteroatoms. The average molecular weight is 200 g/mol. The normalized spacial score (nSPS) is 10.7. The summed E-state index contributed by atoms with van der Waals surface area (Å²) in [5.74, 6) is -4.72. The van der Waals surface area contributed by atoms with Crippen molar-refractivity contribution in [1.82, 2.24) is 0 Å². The Morgan fingerprint density at radius 2 is 2.00 bits per heavy atom. The molecular weight excluding hydrogens is 194 g/mol. The van der Waals surface area contributed by atoms with Crippen LogP contribution < -0.4 is 0 Å². The molecule has 0 aliphatic carbocycles. The Bertz CT molecular complexity index is 399. The Balaban J connectivity index is 3.12. The van der Waals surface area contributed by atoms with Gasteiger partial charge in [0.05, 0.1) is 0 Å². The zero-order valence-electron chi connectivity index (χ0n) is 6.87. The van der Waals surface area contributed by atoms with Gasteiger partial charge in [-0.3, -0.25) is 0 Å². The molecule has 0 aliphatic rings. The van der Waals surface area contributed by atoms with Gasteiger partial charge in [-0.15, -0.1) is 0 Å². The highest BCUT2D eigenvalue weighted by molar-refractivity contribution is 5.85. The van der Waals surface area contributed by atoms with E-state index in [1.807, 2.05) is 0 Å². The third-order valence-corrected chi connectivity index (χ3v) is 1.51. The van der Waals surface area contributed by atoms with Gasteiger partial charge in [-0.2, -0.15) is 4.39 Å². The lowest BCUT2D eigenvalue weighted by atomic mass is 10.1. The topological polar surface area (TPSA) is 57.5 Å². The van der Waals surface area contributed by atoms with E-state index in [9.17, 15) is 13.6 Å². The first-order valence-electron chi connectivity index (χ1n) is 3.60. The van der Waals surface area contributed by atoms with E-state index in [4.69, 9.17) is 10.2 Å². The SMILES string of the molecule is O=C(O)C=Cc1ccc(F)c(F)c1O. The van der Waals surface area contributed by atoms with Crippen molar-refractivity contribution < 1.29 is 23.8 Å². The monoisotopic (exact) mass is 200 g/mol. The van der Waals surface area contributed by atoms with E-state index in [0.717, 1.165) is 18.2 Å². The fraction of sp³-hybridized carbons (Fsp3) is 0. The Morgan fingerprint density at radius 1 is 1.36 bits per heavy atom. The van der Waals surface area contributed by atoms with E-state index in [-0.39, 0.29) is 5.56 Å². The highest BCUT2D eigenvalue weighted by Gasteiger charge is 2.10. The minimum absolute atomic E-state index is 0.0914. The Kier molecular flexibility index (Phi) is 2.81. The predicted molar refractivity (Wildman–Crippen MR) is 44.7 cm³/mol. The van der Waals surface area contributed by atoms with E-state index in [1.54, 1.807) is 0 Å². The van der Waals surface area contributed by atoms with Crippen molar-refractivity contribution in [3.8, 4) is 5.75 Å². The van der Waals surface area contributed by atoms with Gasteiger partial charge in [-0.25, -0.2) is 9.18 Å². The third-order valence-electron chi connectivity index (χ3n) is 1.51. The molecule has 74 valence electrons. The second-order valence-corrected chi connectivity index (χ2v) is 2.47. The fourth-order valence-electron chi connectivity index (χ4n) is 0.850. The molecule has 0 aromatic heterocycles. The summed E-state index contributed by atoms with van der Waals surface area (Å²) in [5.41, 5.74) is -0.0914. The summed E-state index contributed by atoms with van der Waals surface area (Å²) in [6, 6.07) is 1.88. The number of halogens is 2. The number of carbonyl (C=O) groups is 1. The van der Waals surface area contributed by atoms with E-state index in [0.29, 0.717) is 6.08 Å². The van der Waals surface area contributed by atoms with Gasteiger partial charge in [0.15, 0.2) is 11.6 Å². The van der Waals surface area contributed by atoms with Gasteiger partial charge in [0.1, 0.15) is 0 Å². The summed E-state index contributed by atoms with van der Waals surface area (Å²) in [7, 11) is 0. The molecule has 3 nitrogen and oxygen atoms in total. The van der Waals surface area contributed by atoms with Crippen molar-refractivity contribution in [3.63, 3.8) is 0 Å². The van der Waals surface area contributed by atoms with Crippen LogP contribution in [0, 0.1) is 11.6 Å². The van der Waals surface area contributed by atoms with Gasteiger partial charge in [0.25, 0.3) is 0 Å². The molecule has 0 aliphatic heterocycles. The van der Waals surface area contributed by atoms with Crippen molar-refractivity contribution in [2.24, 2.45) is 0 Å². The number of phenolic OH excluding ortho intramolecular Hbond substituents is 1. The molecule has 0 spiro atoms. The maximum absolute atomic E-state index is 12.7. The Morgan fingerprint density at radius 3 is 2.57 bits per heavy atom. The molecular formula is C9H6F2O3. The number of rotatable bonds is 2. The summed E-state index contributed by atoms with van der Waals surface area (Å²) in [6.07, 6.45) is 1.69. The quantitative estimate of drug-likeness (QED) is 0.715. The first kappa shape index (κ1) is 10.2. The van der Waals surface area contributed by atoms with Crippen molar-refractivity contribution in [3.05, 3.63) is 35.4 Å². The molecule has 0 fully saturated rings. The first-order valence-corrected chi connectivity index (χ1v) is 3.60. The highest BCUT2D eigenvalue weighted by Crippen LogP contribution is 2.24. The van der Waals surface area contributed by atoms with Crippen LogP contribution in [0.15, 0.2) is 18.2 Å². The molecule has 0 amide bonds. The molecule has 1 aromatic carbocycles. The number of hydrogen-bond donors (Lipinski definition) is 2. The minimum atomic E-state index is -1.39. The number of aliphatic carboxylic acids is 1. The number of carboxylic acids is 1. The molecule has 1 aromatic rings. The third kappa shape index (κ3) is 2.07. The van der Waals surface area contributed by atoms with E-state index in [2.05, 4.69) is 0 Å². The Hall–Kier alpha value is -1.91. The number of carboxylic acid groups (broad SMARTS) is 1. The van der Waals surface area contributed by atoms with Crippen LogP contribution in [0.5, 0.6) is 5.75 Å². The van der Waals surface area contributed by atoms with Crippen LogP contribution in [0.1, 0.15) is 5.56 Å². The van der Waals surface area contributed by atoms with Gasteiger partial charge >= 0.3 is 5.97 Å². The Labute approximate surface area is 77.9 Å². The molecule has 0 atom stereocenters. The molecule has 0 radical (unpaired) electrons. The molecule has 14 heavy (non-hydrogen) atoms.